The van der Waals surface area contributed by atoms with E-state index in [1.54, 1.807) is 0 Å². The highest BCUT2D eigenvalue weighted by atomic mass is 16.6. The average molecular weight is 871 g/mol. The number of unbranched alkanes of at least 4 members (excludes halogenated alkanes) is 32. The van der Waals surface area contributed by atoms with Crippen molar-refractivity contribution in [3.63, 3.8) is 0 Å². The highest BCUT2D eigenvalue weighted by Gasteiger charge is 2.19. The Balaban J connectivity index is 4.24. The first kappa shape index (κ1) is 59.6. The van der Waals surface area contributed by atoms with Crippen LogP contribution in [0.15, 0.2) is 36.5 Å². The second-order valence-electron chi connectivity index (χ2n) is 18.1. The quantitative estimate of drug-likeness (QED) is 0.0262. The molecule has 6 heteroatoms. The Morgan fingerprint density at radius 3 is 0.903 bits per heavy atom. The summed E-state index contributed by atoms with van der Waals surface area (Å²) in [6.07, 6.45) is 60.0. The molecule has 0 rings (SSSR count). The monoisotopic (exact) mass is 871 g/mol. The number of hydrogen-bond acceptors (Lipinski definition) is 6. The maximum atomic E-state index is 12.8. The molecule has 6 nitrogen and oxygen atoms in total. The molecule has 0 radical (unpaired) electrons. The van der Waals surface area contributed by atoms with Crippen LogP contribution in [0.3, 0.4) is 0 Å². The summed E-state index contributed by atoms with van der Waals surface area (Å²) in [6.45, 7) is 6.60. The molecule has 0 saturated heterocycles. The van der Waals surface area contributed by atoms with E-state index in [4.69, 9.17) is 14.2 Å². The van der Waals surface area contributed by atoms with Gasteiger partial charge in [0.15, 0.2) is 6.10 Å². The molecule has 0 aromatic heterocycles. The Morgan fingerprint density at radius 1 is 0.323 bits per heavy atom. The summed E-state index contributed by atoms with van der Waals surface area (Å²) in [5.41, 5.74) is 0. The van der Waals surface area contributed by atoms with E-state index in [1.165, 1.54) is 173 Å². The van der Waals surface area contributed by atoms with Crippen LogP contribution in [0.2, 0.25) is 0 Å². The predicted molar refractivity (Wildman–Crippen MR) is 266 cm³/mol. The van der Waals surface area contributed by atoms with Gasteiger partial charge in [0.2, 0.25) is 0 Å². The van der Waals surface area contributed by atoms with Crippen LogP contribution in [0, 0.1) is 0 Å². The minimum absolute atomic E-state index is 0.0745. The van der Waals surface area contributed by atoms with Gasteiger partial charge in [0.05, 0.1) is 0 Å². The SMILES string of the molecule is CCCCCCC/C=C\C/C=C\CCCCCCCCCCCC(=O)OCC(COC(=O)CCCCCCCCCC)OC(=O)CCCCCCC/C=C\CCCCCCCC. The van der Waals surface area contributed by atoms with Gasteiger partial charge in [-0.15, -0.1) is 0 Å². The van der Waals surface area contributed by atoms with E-state index in [0.717, 1.165) is 70.6 Å². The summed E-state index contributed by atoms with van der Waals surface area (Å²) in [5.74, 6) is -0.881. The Bertz CT molecular complexity index is 1050. The Labute approximate surface area is 385 Å². The number of carbonyl (C=O) groups excluding carboxylic acids is 3. The third-order valence-electron chi connectivity index (χ3n) is 11.9. The van der Waals surface area contributed by atoms with Gasteiger partial charge in [0, 0.05) is 19.3 Å². The van der Waals surface area contributed by atoms with Crippen LogP contribution in [0.5, 0.6) is 0 Å². The molecule has 0 aromatic rings. The highest BCUT2D eigenvalue weighted by Crippen LogP contribution is 2.15. The van der Waals surface area contributed by atoms with Gasteiger partial charge in [0.1, 0.15) is 13.2 Å². The normalized spacial score (nSPS) is 12.2. The molecule has 362 valence electrons. The number of esters is 3. The van der Waals surface area contributed by atoms with Crippen LogP contribution in [0.4, 0.5) is 0 Å². The molecule has 0 aliphatic heterocycles. The van der Waals surface area contributed by atoms with E-state index in [-0.39, 0.29) is 31.1 Å². The van der Waals surface area contributed by atoms with E-state index in [2.05, 4.69) is 57.2 Å². The molecular formula is C56H102O6. The molecule has 0 bridgehead atoms. The first-order valence-corrected chi connectivity index (χ1v) is 27.0. The molecule has 0 fully saturated rings. The molecule has 1 atom stereocenters. The van der Waals surface area contributed by atoms with Gasteiger partial charge in [-0.25, -0.2) is 0 Å². The minimum atomic E-state index is -0.773. The van der Waals surface area contributed by atoms with Gasteiger partial charge in [-0.2, -0.15) is 0 Å². The van der Waals surface area contributed by atoms with Crippen molar-refractivity contribution in [2.45, 2.75) is 290 Å². The van der Waals surface area contributed by atoms with E-state index >= 15 is 0 Å². The van der Waals surface area contributed by atoms with Gasteiger partial charge in [-0.05, 0) is 77.0 Å². The van der Waals surface area contributed by atoms with Crippen molar-refractivity contribution < 1.29 is 28.6 Å². The Kier molecular flexibility index (Phi) is 49.3. The Hall–Kier alpha value is -2.37. The molecule has 0 amide bonds. The van der Waals surface area contributed by atoms with Crippen LogP contribution in [0.1, 0.15) is 284 Å². The average Bonchev–Trinajstić information content (AvgIpc) is 3.27. The van der Waals surface area contributed by atoms with Crippen LogP contribution < -0.4 is 0 Å². The summed E-state index contributed by atoms with van der Waals surface area (Å²) in [6, 6.07) is 0. The lowest BCUT2D eigenvalue weighted by atomic mass is 10.1. The molecule has 0 aliphatic carbocycles. The highest BCUT2D eigenvalue weighted by molar-refractivity contribution is 5.71. The first-order chi connectivity index (χ1) is 30.5. The molecule has 0 saturated carbocycles. The number of hydrogen-bond donors (Lipinski definition) is 0. The van der Waals surface area contributed by atoms with Crippen molar-refractivity contribution in [2.75, 3.05) is 13.2 Å². The van der Waals surface area contributed by atoms with Gasteiger partial charge in [-0.1, -0.05) is 224 Å². The largest absolute Gasteiger partial charge is 0.462 e. The van der Waals surface area contributed by atoms with Crippen LogP contribution in [-0.2, 0) is 28.6 Å². The second-order valence-corrected chi connectivity index (χ2v) is 18.1. The predicted octanol–water partition coefficient (Wildman–Crippen LogP) is 17.7. The van der Waals surface area contributed by atoms with Crippen molar-refractivity contribution in [1.29, 1.82) is 0 Å². The van der Waals surface area contributed by atoms with Crippen molar-refractivity contribution >= 4 is 17.9 Å². The first-order valence-electron chi connectivity index (χ1n) is 27.0. The zero-order chi connectivity index (χ0) is 45.1. The summed E-state index contributed by atoms with van der Waals surface area (Å²) >= 11 is 0. The number of carbonyl (C=O) groups is 3. The van der Waals surface area contributed by atoms with Gasteiger partial charge < -0.3 is 14.2 Å². The van der Waals surface area contributed by atoms with Gasteiger partial charge in [-0.3, -0.25) is 14.4 Å². The fraction of sp³-hybridized carbons (Fsp3) is 0.839. The van der Waals surface area contributed by atoms with Crippen LogP contribution in [0.25, 0.3) is 0 Å². The fourth-order valence-electron chi connectivity index (χ4n) is 7.76. The zero-order valence-corrected chi connectivity index (χ0v) is 41.4. The molecule has 0 heterocycles. The molecule has 1 unspecified atom stereocenters. The van der Waals surface area contributed by atoms with Crippen molar-refractivity contribution in [3.05, 3.63) is 36.5 Å². The molecule has 0 aromatic carbocycles. The molecule has 0 N–H and O–H groups in total. The number of ether oxygens (including phenoxy) is 3. The lowest BCUT2D eigenvalue weighted by Crippen LogP contribution is -2.30. The third kappa shape index (κ3) is 48.7. The van der Waals surface area contributed by atoms with Crippen LogP contribution >= 0.6 is 0 Å². The lowest BCUT2D eigenvalue weighted by molar-refractivity contribution is -0.167. The van der Waals surface area contributed by atoms with E-state index in [1.807, 2.05) is 0 Å². The van der Waals surface area contributed by atoms with E-state index in [9.17, 15) is 14.4 Å². The molecule has 62 heavy (non-hydrogen) atoms. The molecule has 0 aliphatic rings. The van der Waals surface area contributed by atoms with Gasteiger partial charge in [0.25, 0.3) is 0 Å². The van der Waals surface area contributed by atoms with Crippen molar-refractivity contribution in [3.8, 4) is 0 Å². The maximum Gasteiger partial charge on any atom is 0.306 e. The zero-order valence-electron chi connectivity index (χ0n) is 41.4. The second kappa shape index (κ2) is 51.3. The molecular weight excluding hydrogens is 769 g/mol. The standard InChI is InChI=1S/C56H102O6/c1-4-7-10-13-16-19-21-23-25-26-27-28-29-30-32-33-35-37-40-43-46-49-55(58)61-52-53(51-60-54(57)48-45-42-39-18-15-12-9-6-3)62-56(59)50-47-44-41-38-36-34-31-24-22-20-17-14-11-8-5-2/h21,23-24,26-27,31,53H,4-20,22,25,28-30,32-52H2,1-3H3/b23-21-,27-26-,31-24-. The Morgan fingerprint density at radius 2 is 0.581 bits per heavy atom. The van der Waals surface area contributed by atoms with E-state index < -0.39 is 6.10 Å². The summed E-state index contributed by atoms with van der Waals surface area (Å²) in [7, 11) is 0. The summed E-state index contributed by atoms with van der Waals surface area (Å²) in [5, 5.41) is 0. The lowest BCUT2D eigenvalue weighted by Gasteiger charge is -2.18. The number of allylic oxidation sites excluding steroid dienone is 6. The van der Waals surface area contributed by atoms with Crippen LogP contribution in [-0.4, -0.2) is 37.2 Å². The fourth-order valence-corrected chi connectivity index (χ4v) is 7.76. The smallest absolute Gasteiger partial charge is 0.306 e. The van der Waals surface area contributed by atoms with Crippen molar-refractivity contribution in [2.24, 2.45) is 0 Å². The topological polar surface area (TPSA) is 78.9 Å². The minimum Gasteiger partial charge on any atom is -0.462 e. The third-order valence-corrected chi connectivity index (χ3v) is 11.9. The summed E-state index contributed by atoms with van der Waals surface area (Å²) < 4.78 is 16.8. The van der Waals surface area contributed by atoms with Gasteiger partial charge >= 0.3 is 17.9 Å². The van der Waals surface area contributed by atoms with Crippen molar-refractivity contribution in [1.82, 2.24) is 0 Å². The number of rotatable bonds is 49. The maximum absolute atomic E-state index is 12.8. The summed E-state index contributed by atoms with van der Waals surface area (Å²) in [4.78, 5) is 37.9. The van der Waals surface area contributed by atoms with E-state index in [0.29, 0.717) is 19.3 Å². The molecule has 0 spiro atoms.